The molecule has 1 aromatic rings. The maximum atomic E-state index is 15.2. The van der Waals surface area contributed by atoms with E-state index < -0.39 is 35.4 Å². The first-order valence-corrected chi connectivity index (χ1v) is 10.5. The van der Waals surface area contributed by atoms with Crippen molar-refractivity contribution < 1.29 is 37.8 Å². The summed E-state index contributed by atoms with van der Waals surface area (Å²) in [6, 6.07) is 0.695. The Kier molecular flexibility index (Phi) is 7.33. The van der Waals surface area contributed by atoms with Crippen LogP contribution in [0.25, 0.3) is 0 Å². The van der Waals surface area contributed by atoms with E-state index >= 15 is 4.39 Å². The van der Waals surface area contributed by atoms with Crippen LogP contribution in [0, 0.1) is 5.82 Å². The molecule has 33 heavy (non-hydrogen) atoms. The van der Waals surface area contributed by atoms with E-state index in [2.05, 4.69) is 0 Å². The van der Waals surface area contributed by atoms with Crippen LogP contribution in [0.3, 0.4) is 0 Å². The number of amides is 2. The number of imide groups is 1. The smallest absolute Gasteiger partial charge is 0.328 e. The third-order valence-corrected chi connectivity index (χ3v) is 6.09. The number of carbonyl (C=O) groups excluding carboxylic acids is 4. The molecule has 2 atom stereocenters. The van der Waals surface area contributed by atoms with Crippen molar-refractivity contribution in [3.8, 4) is 5.75 Å². The van der Waals surface area contributed by atoms with Crippen LogP contribution < -0.4 is 14.5 Å². The van der Waals surface area contributed by atoms with E-state index in [1.54, 1.807) is 25.9 Å². The first-order valence-electron chi connectivity index (χ1n) is 10.5. The molecule has 1 aliphatic heterocycles. The number of rotatable bonds is 9. The first kappa shape index (κ1) is 24.6. The molecule has 1 saturated carbocycles. The topological polar surface area (TPSA) is 106 Å². The molecule has 1 aliphatic carbocycles. The average molecular weight is 465 g/mol. The number of anilines is 2. The van der Waals surface area contributed by atoms with E-state index in [9.17, 15) is 19.2 Å². The zero-order valence-electron chi connectivity index (χ0n) is 19.1. The van der Waals surface area contributed by atoms with Crippen molar-refractivity contribution in [1.82, 2.24) is 4.90 Å². The summed E-state index contributed by atoms with van der Waals surface area (Å²) < 4.78 is 31.1. The van der Waals surface area contributed by atoms with Gasteiger partial charge < -0.3 is 19.1 Å². The summed E-state index contributed by atoms with van der Waals surface area (Å²) in [5.74, 6) is -2.10. The van der Waals surface area contributed by atoms with Crippen LogP contribution >= 0.6 is 0 Å². The molecular weight excluding hydrogens is 437 g/mol. The standard InChI is InChI=1S/C22H28FN3O7/c1-14(21(30)31-4)25(3)17-10-16(15(23)9-19(17)33-22(12-27)5-6-22)26(13-28)20(29)18-11-32-8-7-24(18)2/h9-10,12-14,18H,5-8,11H2,1-4H3. The number of carbonyl (C=O) groups is 4. The van der Waals surface area contributed by atoms with Crippen LogP contribution in [0.4, 0.5) is 15.8 Å². The van der Waals surface area contributed by atoms with Crippen LogP contribution in [0.5, 0.6) is 5.75 Å². The van der Waals surface area contributed by atoms with Crippen LogP contribution in [-0.2, 0) is 28.7 Å². The highest BCUT2D eigenvalue weighted by Crippen LogP contribution is 2.43. The van der Waals surface area contributed by atoms with Crippen LogP contribution in [-0.4, -0.2) is 88.1 Å². The Morgan fingerprint density at radius 2 is 2.00 bits per heavy atom. The van der Waals surface area contributed by atoms with Gasteiger partial charge in [-0.25, -0.2) is 14.1 Å². The molecule has 10 nitrogen and oxygen atoms in total. The molecule has 2 fully saturated rings. The van der Waals surface area contributed by atoms with Gasteiger partial charge in [0.25, 0.3) is 5.91 Å². The number of esters is 1. The summed E-state index contributed by atoms with van der Waals surface area (Å²) in [4.78, 5) is 52.4. The van der Waals surface area contributed by atoms with Crippen LogP contribution in [0.15, 0.2) is 12.1 Å². The highest BCUT2D eigenvalue weighted by molar-refractivity contribution is 6.10. The third-order valence-electron chi connectivity index (χ3n) is 6.09. The van der Waals surface area contributed by atoms with Gasteiger partial charge in [0.1, 0.15) is 17.8 Å². The number of methoxy groups -OCH3 is 1. The number of aldehydes is 1. The van der Waals surface area contributed by atoms with Gasteiger partial charge in [0.15, 0.2) is 17.7 Å². The minimum atomic E-state index is -1.06. The fourth-order valence-electron chi connectivity index (χ4n) is 3.53. The minimum Gasteiger partial charge on any atom is -0.478 e. The van der Waals surface area contributed by atoms with E-state index in [1.165, 1.54) is 18.1 Å². The Morgan fingerprint density at radius 1 is 1.30 bits per heavy atom. The normalized spacial score (nSPS) is 20.3. The molecule has 0 bridgehead atoms. The molecular formula is C22H28FN3O7. The predicted molar refractivity (Wildman–Crippen MR) is 116 cm³/mol. The number of hydrogen-bond acceptors (Lipinski definition) is 9. The van der Waals surface area contributed by atoms with E-state index in [4.69, 9.17) is 14.2 Å². The number of ether oxygens (including phenoxy) is 3. The van der Waals surface area contributed by atoms with Gasteiger partial charge >= 0.3 is 5.97 Å². The van der Waals surface area contributed by atoms with Gasteiger partial charge in [0.05, 0.1) is 31.7 Å². The molecule has 0 spiro atoms. The fraction of sp³-hybridized carbons (Fsp3) is 0.545. The monoisotopic (exact) mass is 465 g/mol. The SMILES string of the molecule is COC(=O)C(C)N(C)c1cc(N(C=O)C(=O)C2COCCN2C)c(F)cc1OC1(C=O)CC1. The van der Waals surface area contributed by atoms with Crippen LogP contribution in [0.2, 0.25) is 0 Å². The van der Waals surface area contributed by atoms with E-state index in [0.29, 0.717) is 37.2 Å². The Balaban J connectivity index is 2.04. The second-order valence-corrected chi connectivity index (χ2v) is 8.25. The molecule has 0 aromatic heterocycles. The van der Waals surface area contributed by atoms with E-state index in [-0.39, 0.29) is 30.1 Å². The van der Waals surface area contributed by atoms with Gasteiger partial charge in [-0.3, -0.25) is 19.3 Å². The van der Waals surface area contributed by atoms with Crippen molar-refractivity contribution in [1.29, 1.82) is 0 Å². The summed E-state index contributed by atoms with van der Waals surface area (Å²) in [6.07, 6.45) is 1.85. The van der Waals surface area contributed by atoms with Gasteiger partial charge in [-0.2, -0.15) is 0 Å². The molecule has 1 heterocycles. The maximum absolute atomic E-state index is 15.2. The van der Waals surface area contributed by atoms with Crippen molar-refractivity contribution in [2.75, 3.05) is 50.8 Å². The zero-order chi connectivity index (χ0) is 24.3. The molecule has 2 unspecified atom stereocenters. The number of hydrogen-bond donors (Lipinski definition) is 0. The Bertz CT molecular complexity index is 937. The highest BCUT2D eigenvalue weighted by Gasteiger charge is 2.46. The molecule has 0 N–H and O–H groups in total. The van der Waals surface area contributed by atoms with Gasteiger partial charge in [-0.05, 0) is 32.9 Å². The summed E-state index contributed by atoms with van der Waals surface area (Å²) >= 11 is 0. The molecule has 3 rings (SSSR count). The Morgan fingerprint density at radius 3 is 2.55 bits per heavy atom. The third kappa shape index (κ3) is 4.98. The lowest BCUT2D eigenvalue weighted by Gasteiger charge is -2.34. The van der Waals surface area contributed by atoms with Crippen molar-refractivity contribution in [2.24, 2.45) is 0 Å². The quantitative estimate of drug-likeness (QED) is 0.386. The number of morpholine rings is 1. The average Bonchev–Trinajstić information content (AvgIpc) is 3.59. The molecule has 2 aliphatic rings. The Hall–Kier alpha value is -3.05. The maximum Gasteiger partial charge on any atom is 0.328 e. The predicted octanol–water partition coefficient (Wildman–Crippen LogP) is 0.754. The highest BCUT2D eigenvalue weighted by atomic mass is 19.1. The molecule has 1 aromatic carbocycles. The summed E-state index contributed by atoms with van der Waals surface area (Å²) in [6.45, 7) is 2.57. The molecule has 2 amide bonds. The van der Waals surface area contributed by atoms with Crippen LogP contribution in [0.1, 0.15) is 19.8 Å². The zero-order valence-corrected chi connectivity index (χ0v) is 19.1. The molecule has 180 valence electrons. The second-order valence-electron chi connectivity index (χ2n) is 8.25. The van der Waals surface area contributed by atoms with Gasteiger partial charge in [0.2, 0.25) is 6.41 Å². The van der Waals surface area contributed by atoms with Crippen molar-refractivity contribution in [3.63, 3.8) is 0 Å². The van der Waals surface area contributed by atoms with Crippen molar-refractivity contribution in [3.05, 3.63) is 17.9 Å². The fourth-order valence-corrected chi connectivity index (χ4v) is 3.53. The van der Waals surface area contributed by atoms with Crippen molar-refractivity contribution >= 4 is 35.9 Å². The van der Waals surface area contributed by atoms with Crippen molar-refractivity contribution in [2.45, 2.75) is 37.5 Å². The summed E-state index contributed by atoms with van der Waals surface area (Å²) in [7, 11) is 4.51. The number of benzene rings is 1. The van der Waals surface area contributed by atoms with Gasteiger partial charge in [-0.15, -0.1) is 0 Å². The summed E-state index contributed by atoms with van der Waals surface area (Å²) in [5.41, 5.74) is -1.15. The summed E-state index contributed by atoms with van der Waals surface area (Å²) in [5, 5.41) is 0. The Labute approximate surface area is 191 Å². The second kappa shape index (κ2) is 9.84. The number of halogens is 1. The lowest BCUT2D eigenvalue weighted by molar-refractivity contribution is -0.141. The largest absolute Gasteiger partial charge is 0.478 e. The first-order chi connectivity index (χ1) is 15.7. The minimum absolute atomic E-state index is 0.00974. The molecule has 1 saturated heterocycles. The van der Waals surface area contributed by atoms with Gasteiger partial charge in [0, 0.05) is 19.7 Å². The molecule has 11 heteroatoms. The lowest BCUT2D eigenvalue weighted by Crippen LogP contribution is -2.53. The number of nitrogens with zero attached hydrogens (tertiary/aromatic N) is 3. The number of likely N-dealkylation sites (N-methyl/N-ethyl adjacent to an activating group) is 2. The van der Waals surface area contributed by atoms with E-state index in [0.717, 1.165) is 6.07 Å². The molecule has 0 radical (unpaired) electrons. The van der Waals surface area contributed by atoms with E-state index in [1.807, 2.05) is 0 Å². The van der Waals surface area contributed by atoms with Gasteiger partial charge in [-0.1, -0.05) is 0 Å². The lowest BCUT2D eigenvalue weighted by atomic mass is 10.1.